The van der Waals surface area contributed by atoms with Crippen molar-refractivity contribution in [3.8, 4) is 0 Å². The van der Waals surface area contributed by atoms with Crippen LogP contribution >= 0.6 is 11.6 Å². The van der Waals surface area contributed by atoms with Crippen LogP contribution in [0.3, 0.4) is 0 Å². The van der Waals surface area contributed by atoms with Crippen LogP contribution in [0.5, 0.6) is 0 Å². The van der Waals surface area contributed by atoms with E-state index in [9.17, 15) is 14.0 Å². The van der Waals surface area contributed by atoms with Crippen LogP contribution in [0.4, 0.5) is 4.39 Å². The van der Waals surface area contributed by atoms with Crippen LogP contribution in [-0.4, -0.2) is 28.1 Å². The molecule has 2 atom stereocenters. The van der Waals surface area contributed by atoms with E-state index in [1.807, 2.05) is 18.5 Å². The first kappa shape index (κ1) is 21.3. The first-order chi connectivity index (χ1) is 13.8. The van der Waals surface area contributed by atoms with E-state index in [0.717, 1.165) is 12.1 Å². The minimum atomic E-state index is -0.492. The number of fused-ring (bicyclic) bond motifs is 1. The highest BCUT2D eigenvalue weighted by molar-refractivity contribution is 6.30. The minimum absolute atomic E-state index is 0.0199. The van der Waals surface area contributed by atoms with Gasteiger partial charge in [-0.05, 0) is 36.8 Å². The summed E-state index contributed by atoms with van der Waals surface area (Å²) < 4.78 is 16.3. The van der Waals surface area contributed by atoms with Gasteiger partial charge in [-0.25, -0.2) is 4.39 Å². The SMILES string of the molecule is CC(=O)NCC1CCn2ncc(C(=O)NC(c3ccc(Cl)cc3F)C(C)C)c2C1. The maximum absolute atomic E-state index is 14.4. The monoisotopic (exact) mass is 420 g/mol. The quantitative estimate of drug-likeness (QED) is 0.750. The highest BCUT2D eigenvalue weighted by atomic mass is 35.5. The normalized spacial score (nSPS) is 17.0. The third-order valence-electron chi connectivity index (χ3n) is 5.31. The molecule has 1 aromatic carbocycles. The Kier molecular flexibility index (Phi) is 6.57. The molecule has 2 unspecified atom stereocenters. The topological polar surface area (TPSA) is 76.0 Å². The van der Waals surface area contributed by atoms with Crippen LogP contribution < -0.4 is 10.6 Å². The number of hydrogen-bond donors (Lipinski definition) is 2. The summed E-state index contributed by atoms with van der Waals surface area (Å²) in [6.45, 7) is 6.62. The van der Waals surface area contributed by atoms with Crippen LogP contribution in [0.2, 0.25) is 5.02 Å². The predicted molar refractivity (Wildman–Crippen MR) is 109 cm³/mol. The van der Waals surface area contributed by atoms with E-state index in [1.165, 1.54) is 13.0 Å². The molecule has 0 aliphatic carbocycles. The molecule has 0 spiro atoms. The first-order valence-electron chi connectivity index (χ1n) is 9.81. The van der Waals surface area contributed by atoms with Gasteiger partial charge in [0, 0.05) is 30.6 Å². The van der Waals surface area contributed by atoms with Crippen LogP contribution in [-0.2, 0) is 17.8 Å². The molecule has 1 aromatic heterocycles. The number of carbonyl (C=O) groups excluding carboxylic acids is 2. The summed E-state index contributed by atoms with van der Waals surface area (Å²) in [7, 11) is 0. The lowest BCUT2D eigenvalue weighted by Gasteiger charge is -2.26. The fourth-order valence-electron chi connectivity index (χ4n) is 3.73. The molecular weight excluding hydrogens is 395 g/mol. The van der Waals surface area contributed by atoms with Gasteiger partial charge in [0.1, 0.15) is 5.82 Å². The van der Waals surface area contributed by atoms with Crippen LogP contribution in [0, 0.1) is 17.7 Å². The zero-order valence-electron chi connectivity index (χ0n) is 16.8. The van der Waals surface area contributed by atoms with Gasteiger partial charge in [-0.2, -0.15) is 5.10 Å². The summed E-state index contributed by atoms with van der Waals surface area (Å²) in [4.78, 5) is 24.2. The lowest BCUT2D eigenvalue weighted by Crippen LogP contribution is -2.35. The fourth-order valence-corrected chi connectivity index (χ4v) is 3.89. The van der Waals surface area contributed by atoms with Crippen molar-refractivity contribution >= 4 is 23.4 Å². The molecule has 156 valence electrons. The molecule has 0 radical (unpaired) electrons. The maximum atomic E-state index is 14.4. The molecule has 2 heterocycles. The number of nitrogens with one attached hydrogen (secondary N) is 2. The molecule has 6 nitrogen and oxygen atoms in total. The van der Waals surface area contributed by atoms with Crippen molar-refractivity contribution in [3.63, 3.8) is 0 Å². The Morgan fingerprint density at radius 1 is 1.38 bits per heavy atom. The number of amides is 2. The van der Waals surface area contributed by atoms with E-state index < -0.39 is 11.9 Å². The Morgan fingerprint density at radius 3 is 2.79 bits per heavy atom. The molecule has 1 aliphatic heterocycles. The van der Waals surface area contributed by atoms with Crippen molar-refractivity contribution in [2.75, 3.05) is 6.54 Å². The highest BCUT2D eigenvalue weighted by Crippen LogP contribution is 2.28. The maximum Gasteiger partial charge on any atom is 0.255 e. The third-order valence-corrected chi connectivity index (χ3v) is 5.55. The van der Waals surface area contributed by atoms with E-state index in [4.69, 9.17) is 11.6 Å². The summed E-state index contributed by atoms with van der Waals surface area (Å²) in [6.07, 6.45) is 3.12. The van der Waals surface area contributed by atoms with Gasteiger partial charge in [-0.1, -0.05) is 31.5 Å². The fraction of sp³-hybridized carbons (Fsp3) is 0.476. The van der Waals surface area contributed by atoms with Crippen molar-refractivity contribution in [3.05, 3.63) is 52.1 Å². The van der Waals surface area contributed by atoms with E-state index >= 15 is 0 Å². The summed E-state index contributed by atoms with van der Waals surface area (Å²) in [5.41, 5.74) is 1.75. The van der Waals surface area contributed by atoms with Crippen LogP contribution in [0.25, 0.3) is 0 Å². The van der Waals surface area contributed by atoms with E-state index in [2.05, 4.69) is 15.7 Å². The van der Waals surface area contributed by atoms with Gasteiger partial charge in [0.05, 0.1) is 23.5 Å². The summed E-state index contributed by atoms with van der Waals surface area (Å²) in [5, 5.41) is 10.5. The van der Waals surface area contributed by atoms with Crippen LogP contribution in [0.1, 0.15) is 54.8 Å². The Hall–Kier alpha value is -2.41. The Labute approximate surface area is 174 Å². The molecule has 29 heavy (non-hydrogen) atoms. The molecule has 3 rings (SSSR count). The average Bonchev–Trinajstić information content (AvgIpc) is 3.08. The van der Waals surface area contributed by atoms with E-state index in [-0.39, 0.29) is 23.7 Å². The second kappa shape index (κ2) is 8.95. The average molecular weight is 421 g/mol. The van der Waals surface area contributed by atoms with Crippen molar-refractivity contribution in [2.45, 2.75) is 46.2 Å². The second-order valence-corrected chi connectivity index (χ2v) is 8.32. The molecule has 0 bridgehead atoms. The second-order valence-electron chi connectivity index (χ2n) is 7.88. The molecule has 8 heteroatoms. The molecule has 0 saturated carbocycles. The lowest BCUT2D eigenvalue weighted by molar-refractivity contribution is -0.119. The van der Waals surface area contributed by atoms with Gasteiger partial charge in [0.15, 0.2) is 0 Å². The summed E-state index contributed by atoms with van der Waals surface area (Å²) >= 11 is 5.86. The number of benzene rings is 1. The van der Waals surface area contributed by atoms with Gasteiger partial charge in [-0.3, -0.25) is 14.3 Å². The Bertz CT molecular complexity index is 912. The zero-order chi connectivity index (χ0) is 21.1. The third kappa shape index (κ3) is 4.96. The van der Waals surface area contributed by atoms with E-state index in [0.29, 0.717) is 35.7 Å². The van der Waals surface area contributed by atoms with Gasteiger partial charge in [-0.15, -0.1) is 0 Å². The van der Waals surface area contributed by atoms with Gasteiger partial charge < -0.3 is 10.6 Å². The standard InChI is InChI=1S/C21H26ClFN4O2/c1-12(2)20(16-5-4-15(22)9-18(16)23)26-21(29)17-11-25-27-7-6-14(8-19(17)27)10-24-13(3)28/h4-5,9,11-12,14,20H,6-8,10H2,1-3H3,(H,24,28)(H,26,29). The number of aryl methyl sites for hydroxylation is 1. The summed E-state index contributed by atoms with van der Waals surface area (Å²) in [5.74, 6) is -0.548. The number of aromatic nitrogens is 2. The Balaban J connectivity index is 1.78. The smallest absolute Gasteiger partial charge is 0.255 e. The van der Waals surface area contributed by atoms with Crippen molar-refractivity contribution < 1.29 is 14.0 Å². The van der Waals surface area contributed by atoms with Crippen molar-refractivity contribution in [2.24, 2.45) is 11.8 Å². The largest absolute Gasteiger partial charge is 0.356 e. The van der Waals surface area contributed by atoms with Crippen LogP contribution in [0.15, 0.2) is 24.4 Å². The lowest BCUT2D eigenvalue weighted by atomic mass is 9.93. The van der Waals surface area contributed by atoms with Gasteiger partial charge in [0.2, 0.25) is 5.91 Å². The molecule has 1 aliphatic rings. The number of rotatable bonds is 6. The first-order valence-corrected chi connectivity index (χ1v) is 10.2. The predicted octanol–water partition coefficient (Wildman–Crippen LogP) is 3.50. The highest BCUT2D eigenvalue weighted by Gasteiger charge is 2.28. The molecular formula is C21H26ClFN4O2. The van der Waals surface area contributed by atoms with Gasteiger partial charge in [0.25, 0.3) is 5.91 Å². The van der Waals surface area contributed by atoms with Crippen molar-refractivity contribution in [1.29, 1.82) is 0 Å². The van der Waals surface area contributed by atoms with E-state index in [1.54, 1.807) is 18.3 Å². The molecule has 2 N–H and O–H groups in total. The van der Waals surface area contributed by atoms with Crippen molar-refractivity contribution in [1.82, 2.24) is 20.4 Å². The molecule has 0 fully saturated rings. The molecule has 0 saturated heterocycles. The number of halogens is 2. The molecule has 2 amide bonds. The summed E-state index contributed by atoms with van der Waals surface area (Å²) in [6, 6.07) is 4.00. The molecule has 2 aromatic rings. The number of carbonyl (C=O) groups is 2. The zero-order valence-corrected chi connectivity index (χ0v) is 17.6. The number of nitrogens with zero attached hydrogens (tertiary/aromatic N) is 2. The van der Waals surface area contributed by atoms with Gasteiger partial charge >= 0.3 is 0 Å². The number of hydrogen-bond acceptors (Lipinski definition) is 3. The Morgan fingerprint density at radius 2 is 2.14 bits per heavy atom. The minimum Gasteiger partial charge on any atom is -0.356 e.